The summed E-state index contributed by atoms with van der Waals surface area (Å²) in [4.78, 5) is 4.22. The van der Waals surface area contributed by atoms with Gasteiger partial charge in [-0.15, -0.1) is 24.0 Å². The van der Waals surface area contributed by atoms with Crippen LogP contribution in [0.2, 0.25) is 0 Å². The zero-order chi connectivity index (χ0) is 16.9. The van der Waals surface area contributed by atoms with E-state index in [4.69, 9.17) is 0 Å². The summed E-state index contributed by atoms with van der Waals surface area (Å²) in [5, 5.41) is 10.7. The molecule has 24 heavy (non-hydrogen) atoms. The SMILES string of the molecule is CN=C(NCc1cnn(C)c1)NCC(C)(C)c1cccc(F)c1.I. The van der Waals surface area contributed by atoms with E-state index in [2.05, 4.69) is 34.6 Å². The van der Waals surface area contributed by atoms with Gasteiger partial charge in [-0.2, -0.15) is 5.10 Å². The summed E-state index contributed by atoms with van der Waals surface area (Å²) in [6, 6.07) is 6.72. The van der Waals surface area contributed by atoms with Gasteiger partial charge in [-0.3, -0.25) is 9.67 Å². The molecule has 0 aliphatic heterocycles. The first-order valence-electron chi connectivity index (χ1n) is 7.59. The number of aliphatic imine (C=N–C) groups is 1. The van der Waals surface area contributed by atoms with Gasteiger partial charge < -0.3 is 10.6 Å². The van der Waals surface area contributed by atoms with Crippen LogP contribution in [-0.4, -0.2) is 29.3 Å². The van der Waals surface area contributed by atoms with Crippen LogP contribution in [0.15, 0.2) is 41.7 Å². The van der Waals surface area contributed by atoms with Crippen molar-refractivity contribution in [3.05, 3.63) is 53.6 Å². The lowest BCUT2D eigenvalue weighted by Gasteiger charge is -2.26. The van der Waals surface area contributed by atoms with Gasteiger partial charge in [-0.05, 0) is 17.7 Å². The van der Waals surface area contributed by atoms with Gasteiger partial charge in [-0.25, -0.2) is 4.39 Å². The first kappa shape index (κ1) is 20.4. The van der Waals surface area contributed by atoms with Crippen molar-refractivity contribution in [1.29, 1.82) is 0 Å². The Morgan fingerprint density at radius 2 is 2.08 bits per heavy atom. The third kappa shape index (κ3) is 5.77. The molecule has 5 nitrogen and oxygen atoms in total. The smallest absolute Gasteiger partial charge is 0.191 e. The summed E-state index contributed by atoms with van der Waals surface area (Å²) in [5.41, 5.74) is 1.82. The van der Waals surface area contributed by atoms with Crippen LogP contribution in [0.3, 0.4) is 0 Å². The Morgan fingerprint density at radius 1 is 1.33 bits per heavy atom. The maximum absolute atomic E-state index is 13.4. The number of benzene rings is 1. The van der Waals surface area contributed by atoms with Crippen LogP contribution in [-0.2, 0) is 19.0 Å². The third-order valence-corrected chi connectivity index (χ3v) is 3.75. The highest BCUT2D eigenvalue weighted by Crippen LogP contribution is 2.22. The minimum atomic E-state index is -0.214. The Balaban J connectivity index is 0.00000288. The summed E-state index contributed by atoms with van der Waals surface area (Å²) in [6.45, 7) is 5.43. The molecule has 0 fully saturated rings. The molecule has 1 aromatic carbocycles. The number of aromatic nitrogens is 2. The average Bonchev–Trinajstić information content (AvgIpc) is 2.93. The van der Waals surface area contributed by atoms with E-state index in [-0.39, 0.29) is 35.2 Å². The van der Waals surface area contributed by atoms with E-state index in [1.807, 2.05) is 25.5 Å². The lowest BCUT2D eigenvalue weighted by atomic mass is 9.84. The Hall–Kier alpha value is -1.64. The number of rotatable bonds is 5. The molecule has 2 rings (SSSR count). The van der Waals surface area contributed by atoms with Gasteiger partial charge in [0.15, 0.2) is 5.96 Å². The van der Waals surface area contributed by atoms with Gasteiger partial charge in [0, 0.05) is 44.4 Å². The molecule has 1 aromatic heterocycles. The maximum atomic E-state index is 13.4. The largest absolute Gasteiger partial charge is 0.356 e. The second-order valence-electron chi connectivity index (χ2n) is 6.20. The summed E-state index contributed by atoms with van der Waals surface area (Å²) in [5.74, 6) is 0.494. The summed E-state index contributed by atoms with van der Waals surface area (Å²) in [7, 11) is 3.62. The molecular formula is C17H25FIN5. The van der Waals surface area contributed by atoms with Gasteiger partial charge in [0.25, 0.3) is 0 Å². The molecular weight excluding hydrogens is 420 g/mol. The fraction of sp³-hybridized carbons (Fsp3) is 0.412. The van der Waals surface area contributed by atoms with Crippen LogP contribution in [0, 0.1) is 5.82 Å². The van der Waals surface area contributed by atoms with Crippen molar-refractivity contribution in [2.45, 2.75) is 25.8 Å². The van der Waals surface area contributed by atoms with E-state index in [0.29, 0.717) is 19.0 Å². The van der Waals surface area contributed by atoms with E-state index >= 15 is 0 Å². The molecule has 0 atom stereocenters. The second-order valence-corrected chi connectivity index (χ2v) is 6.20. The molecule has 7 heteroatoms. The summed E-state index contributed by atoms with van der Waals surface area (Å²) in [6.07, 6.45) is 3.77. The minimum Gasteiger partial charge on any atom is -0.356 e. The quantitative estimate of drug-likeness (QED) is 0.423. The molecule has 132 valence electrons. The number of nitrogens with zero attached hydrogens (tertiary/aromatic N) is 3. The molecule has 2 N–H and O–H groups in total. The molecule has 1 heterocycles. The van der Waals surface area contributed by atoms with Crippen molar-refractivity contribution >= 4 is 29.9 Å². The predicted molar refractivity (Wildman–Crippen MR) is 106 cm³/mol. The van der Waals surface area contributed by atoms with Crippen LogP contribution in [0.5, 0.6) is 0 Å². The van der Waals surface area contributed by atoms with Crippen molar-refractivity contribution in [3.63, 3.8) is 0 Å². The molecule has 0 unspecified atom stereocenters. The van der Waals surface area contributed by atoms with Crippen molar-refractivity contribution in [2.75, 3.05) is 13.6 Å². The van der Waals surface area contributed by atoms with Crippen molar-refractivity contribution in [3.8, 4) is 0 Å². The Labute approximate surface area is 159 Å². The molecule has 0 aliphatic carbocycles. The zero-order valence-electron chi connectivity index (χ0n) is 14.5. The normalized spacial score (nSPS) is 11.8. The van der Waals surface area contributed by atoms with E-state index in [9.17, 15) is 4.39 Å². The van der Waals surface area contributed by atoms with E-state index in [1.54, 1.807) is 23.9 Å². The first-order valence-corrected chi connectivity index (χ1v) is 7.59. The highest BCUT2D eigenvalue weighted by atomic mass is 127. The molecule has 0 radical (unpaired) electrons. The summed E-state index contributed by atoms with van der Waals surface area (Å²) < 4.78 is 15.2. The maximum Gasteiger partial charge on any atom is 0.191 e. The molecule has 0 spiro atoms. The number of nitrogens with one attached hydrogen (secondary N) is 2. The number of hydrogen-bond acceptors (Lipinski definition) is 2. The van der Waals surface area contributed by atoms with Crippen molar-refractivity contribution < 1.29 is 4.39 Å². The highest BCUT2D eigenvalue weighted by Gasteiger charge is 2.21. The fourth-order valence-electron chi connectivity index (χ4n) is 2.29. The number of aryl methyl sites for hydroxylation is 1. The van der Waals surface area contributed by atoms with Crippen LogP contribution in [0.1, 0.15) is 25.0 Å². The Bertz CT molecular complexity index is 681. The van der Waals surface area contributed by atoms with Crippen LogP contribution >= 0.6 is 24.0 Å². The summed E-state index contributed by atoms with van der Waals surface area (Å²) >= 11 is 0. The van der Waals surface area contributed by atoms with E-state index in [1.165, 1.54) is 6.07 Å². The Morgan fingerprint density at radius 3 is 2.67 bits per heavy atom. The monoisotopic (exact) mass is 445 g/mol. The molecule has 0 saturated heterocycles. The topological polar surface area (TPSA) is 54.2 Å². The number of halogens is 2. The fourth-order valence-corrected chi connectivity index (χ4v) is 2.29. The lowest BCUT2D eigenvalue weighted by Crippen LogP contribution is -2.43. The molecule has 0 amide bonds. The lowest BCUT2D eigenvalue weighted by molar-refractivity contribution is 0.503. The second kappa shape index (κ2) is 9.00. The highest BCUT2D eigenvalue weighted by molar-refractivity contribution is 14.0. The zero-order valence-corrected chi connectivity index (χ0v) is 16.8. The van der Waals surface area contributed by atoms with Gasteiger partial charge >= 0.3 is 0 Å². The van der Waals surface area contributed by atoms with E-state index in [0.717, 1.165) is 11.1 Å². The van der Waals surface area contributed by atoms with Gasteiger partial charge in [-0.1, -0.05) is 26.0 Å². The molecule has 0 aliphatic rings. The van der Waals surface area contributed by atoms with E-state index < -0.39 is 0 Å². The van der Waals surface area contributed by atoms with Crippen molar-refractivity contribution in [1.82, 2.24) is 20.4 Å². The van der Waals surface area contributed by atoms with Crippen molar-refractivity contribution in [2.24, 2.45) is 12.0 Å². The van der Waals surface area contributed by atoms with Gasteiger partial charge in [0.1, 0.15) is 5.82 Å². The third-order valence-electron chi connectivity index (χ3n) is 3.75. The van der Waals surface area contributed by atoms with Crippen LogP contribution in [0.25, 0.3) is 0 Å². The number of hydrogen-bond donors (Lipinski definition) is 2. The molecule has 0 bridgehead atoms. The standard InChI is InChI=1S/C17H24FN5.HI/c1-17(2,14-6-5-7-15(18)8-14)12-21-16(19-3)20-9-13-10-22-23(4)11-13;/h5-8,10-11H,9,12H2,1-4H3,(H2,19,20,21);1H. The average molecular weight is 445 g/mol. The predicted octanol–water partition coefficient (Wildman–Crippen LogP) is 2.82. The molecule has 2 aromatic rings. The van der Waals surface area contributed by atoms with Crippen LogP contribution in [0.4, 0.5) is 4.39 Å². The number of guanidine groups is 1. The molecule has 0 saturated carbocycles. The Kier molecular flexibility index (Phi) is 7.65. The van der Waals surface area contributed by atoms with Gasteiger partial charge in [0.05, 0.1) is 6.20 Å². The van der Waals surface area contributed by atoms with Gasteiger partial charge in [0.2, 0.25) is 0 Å². The minimum absolute atomic E-state index is 0. The van der Waals surface area contributed by atoms with Crippen LogP contribution < -0.4 is 10.6 Å². The first-order chi connectivity index (χ1) is 10.9.